The highest BCUT2D eigenvalue weighted by molar-refractivity contribution is 6.32. The molecule has 0 bridgehead atoms. The Balaban J connectivity index is 2.53. The number of benzene rings is 2. The molecule has 27 heavy (non-hydrogen) atoms. The summed E-state index contributed by atoms with van der Waals surface area (Å²) < 4.78 is 21.3. The molecule has 2 aromatic carbocycles. The molecule has 3 aromatic rings. The summed E-state index contributed by atoms with van der Waals surface area (Å²) in [5.41, 5.74) is -0.930. The summed E-state index contributed by atoms with van der Waals surface area (Å²) in [5, 5.41) is 30.0. The van der Waals surface area contributed by atoms with Crippen LogP contribution in [-0.4, -0.2) is 36.6 Å². The molecule has 0 radical (unpaired) electrons. The van der Waals surface area contributed by atoms with Gasteiger partial charge in [-0.05, 0) is 6.07 Å². The maximum Gasteiger partial charge on any atom is 0.239 e. The number of hydrogen-bond acceptors (Lipinski definition) is 8. The molecule has 0 unspecified atom stereocenters. The Morgan fingerprint density at radius 2 is 1.63 bits per heavy atom. The highest BCUT2D eigenvalue weighted by Crippen LogP contribution is 2.46. The van der Waals surface area contributed by atoms with Crippen LogP contribution in [0.15, 0.2) is 27.4 Å². The van der Waals surface area contributed by atoms with Gasteiger partial charge in [-0.15, -0.1) is 0 Å². The largest absolute Gasteiger partial charge is 0.508 e. The zero-order chi connectivity index (χ0) is 19.9. The molecular formula is C18H15ClO8. The van der Waals surface area contributed by atoms with Crippen molar-refractivity contribution in [2.24, 2.45) is 0 Å². The Hall–Kier alpha value is -3.26. The summed E-state index contributed by atoms with van der Waals surface area (Å²) in [6, 6.07) is 3.49. The predicted molar refractivity (Wildman–Crippen MR) is 97.6 cm³/mol. The number of rotatable bonds is 4. The third-order valence-corrected chi connectivity index (χ3v) is 4.23. The molecule has 8 nitrogen and oxygen atoms in total. The van der Waals surface area contributed by atoms with Gasteiger partial charge in [0.25, 0.3) is 0 Å². The fourth-order valence-corrected chi connectivity index (χ4v) is 2.96. The highest BCUT2D eigenvalue weighted by Gasteiger charge is 2.26. The normalized spacial score (nSPS) is 10.8. The number of methoxy groups -OCH3 is 3. The molecule has 0 saturated carbocycles. The Bertz CT molecular complexity index is 1100. The smallest absolute Gasteiger partial charge is 0.239 e. The average Bonchev–Trinajstić information content (AvgIpc) is 2.63. The van der Waals surface area contributed by atoms with Crippen molar-refractivity contribution in [1.82, 2.24) is 0 Å². The first-order valence-electron chi connectivity index (χ1n) is 7.54. The SMILES string of the molecule is COc1cc(O)c2c(=O)c(OC)c(-c3cc(O)cc(Cl)c3O)oc2c1OC. The monoisotopic (exact) mass is 394 g/mol. The lowest BCUT2D eigenvalue weighted by Crippen LogP contribution is -2.09. The van der Waals surface area contributed by atoms with Crippen molar-refractivity contribution in [3.8, 4) is 45.8 Å². The van der Waals surface area contributed by atoms with Gasteiger partial charge in [0, 0.05) is 12.1 Å². The van der Waals surface area contributed by atoms with E-state index in [0.29, 0.717) is 0 Å². The second-order valence-corrected chi connectivity index (χ2v) is 5.86. The Morgan fingerprint density at radius 3 is 2.22 bits per heavy atom. The number of phenolic OH excluding ortho intramolecular Hbond substituents is 3. The Labute approximate surface area is 157 Å². The molecule has 0 saturated heterocycles. The van der Waals surface area contributed by atoms with Crippen molar-refractivity contribution < 1.29 is 33.9 Å². The highest BCUT2D eigenvalue weighted by atomic mass is 35.5. The van der Waals surface area contributed by atoms with Crippen LogP contribution in [0.1, 0.15) is 0 Å². The lowest BCUT2D eigenvalue weighted by molar-refractivity contribution is 0.348. The molecule has 3 N–H and O–H groups in total. The van der Waals surface area contributed by atoms with Gasteiger partial charge in [-0.2, -0.15) is 0 Å². The van der Waals surface area contributed by atoms with Gasteiger partial charge in [-0.25, -0.2) is 0 Å². The summed E-state index contributed by atoms with van der Waals surface area (Å²) >= 11 is 5.90. The first kappa shape index (κ1) is 18.5. The van der Waals surface area contributed by atoms with Gasteiger partial charge in [-0.1, -0.05) is 11.6 Å². The first-order valence-corrected chi connectivity index (χ1v) is 7.92. The molecule has 0 aliphatic carbocycles. The van der Waals surface area contributed by atoms with Crippen LogP contribution in [0.4, 0.5) is 0 Å². The van der Waals surface area contributed by atoms with Crippen molar-refractivity contribution in [3.63, 3.8) is 0 Å². The van der Waals surface area contributed by atoms with Crippen LogP contribution in [0.25, 0.3) is 22.3 Å². The lowest BCUT2D eigenvalue weighted by atomic mass is 10.1. The van der Waals surface area contributed by atoms with Gasteiger partial charge in [-0.3, -0.25) is 4.79 Å². The topological polar surface area (TPSA) is 119 Å². The van der Waals surface area contributed by atoms with Gasteiger partial charge in [0.1, 0.15) is 22.6 Å². The zero-order valence-electron chi connectivity index (χ0n) is 14.5. The average molecular weight is 395 g/mol. The van der Waals surface area contributed by atoms with Crippen LogP contribution in [-0.2, 0) is 0 Å². The van der Waals surface area contributed by atoms with Crippen LogP contribution >= 0.6 is 11.6 Å². The minimum absolute atomic E-state index is 0.0528. The second kappa shape index (κ2) is 6.81. The van der Waals surface area contributed by atoms with Crippen molar-refractivity contribution in [2.45, 2.75) is 0 Å². The Kier molecular flexibility index (Phi) is 4.67. The van der Waals surface area contributed by atoms with E-state index >= 15 is 0 Å². The molecule has 0 atom stereocenters. The summed E-state index contributed by atoms with van der Waals surface area (Å²) in [4.78, 5) is 12.9. The van der Waals surface area contributed by atoms with Crippen LogP contribution in [0.2, 0.25) is 5.02 Å². The van der Waals surface area contributed by atoms with E-state index in [1.807, 2.05) is 0 Å². The number of phenols is 3. The van der Waals surface area contributed by atoms with E-state index < -0.39 is 16.9 Å². The summed E-state index contributed by atoms with van der Waals surface area (Å²) in [7, 11) is 3.91. The molecule has 0 amide bonds. The van der Waals surface area contributed by atoms with E-state index in [0.717, 1.165) is 12.1 Å². The minimum Gasteiger partial charge on any atom is -0.508 e. The Morgan fingerprint density at radius 1 is 0.963 bits per heavy atom. The first-order chi connectivity index (χ1) is 12.8. The molecule has 0 aliphatic heterocycles. The molecule has 0 spiro atoms. The molecular weight excluding hydrogens is 380 g/mol. The molecule has 0 fully saturated rings. The van der Waals surface area contributed by atoms with Crippen LogP contribution < -0.4 is 19.6 Å². The van der Waals surface area contributed by atoms with E-state index in [1.54, 1.807) is 0 Å². The number of aromatic hydroxyl groups is 3. The zero-order valence-corrected chi connectivity index (χ0v) is 15.2. The molecule has 1 aromatic heterocycles. The molecule has 3 rings (SSSR count). The second-order valence-electron chi connectivity index (χ2n) is 5.45. The van der Waals surface area contributed by atoms with Gasteiger partial charge in [0.15, 0.2) is 17.1 Å². The standard InChI is InChI=1S/C18H15ClO8/c1-24-11-6-10(21)12-14(23)18(26-3)15(27-17(12)16(11)25-2)8-4-7(20)5-9(19)13(8)22/h4-6,20-22H,1-3H3. The third-order valence-electron chi connectivity index (χ3n) is 3.95. The lowest BCUT2D eigenvalue weighted by Gasteiger charge is -2.15. The fraction of sp³-hybridized carbons (Fsp3) is 0.167. The minimum atomic E-state index is -0.717. The number of halogens is 1. The van der Waals surface area contributed by atoms with Crippen LogP contribution in [0.5, 0.6) is 34.5 Å². The summed E-state index contributed by atoms with van der Waals surface area (Å²) in [6.07, 6.45) is 0. The van der Waals surface area contributed by atoms with Crippen LogP contribution in [0.3, 0.4) is 0 Å². The van der Waals surface area contributed by atoms with Crippen LogP contribution in [0, 0.1) is 0 Å². The summed E-state index contributed by atoms with van der Waals surface area (Å²) in [5.74, 6) is -1.44. The van der Waals surface area contributed by atoms with Gasteiger partial charge < -0.3 is 33.9 Å². The predicted octanol–water partition coefficient (Wildman–Crippen LogP) is 3.26. The van der Waals surface area contributed by atoms with E-state index in [1.165, 1.54) is 27.4 Å². The number of fused-ring (bicyclic) bond motifs is 1. The van der Waals surface area contributed by atoms with Crippen molar-refractivity contribution in [3.05, 3.63) is 33.4 Å². The molecule has 9 heteroatoms. The van der Waals surface area contributed by atoms with E-state index in [-0.39, 0.29) is 50.3 Å². The summed E-state index contributed by atoms with van der Waals surface area (Å²) in [6.45, 7) is 0. The van der Waals surface area contributed by atoms with Gasteiger partial charge in [0.2, 0.25) is 16.9 Å². The van der Waals surface area contributed by atoms with Crippen molar-refractivity contribution >= 4 is 22.6 Å². The fourth-order valence-electron chi connectivity index (χ4n) is 2.75. The van der Waals surface area contributed by atoms with Gasteiger partial charge in [0.05, 0.1) is 31.9 Å². The van der Waals surface area contributed by atoms with Crippen molar-refractivity contribution in [2.75, 3.05) is 21.3 Å². The molecule has 1 heterocycles. The molecule has 0 aliphatic rings. The van der Waals surface area contributed by atoms with Gasteiger partial charge >= 0.3 is 0 Å². The third kappa shape index (κ3) is 2.83. The van der Waals surface area contributed by atoms with E-state index in [9.17, 15) is 20.1 Å². The van der Waals surface area contributed by atoms with E-state index in [2.05, 4.69) is 0 Å². The maximum absolute atomic E-state index is 12.9. The maximum atomic E-state index is 12.9. The number of hydrogen-bond donors (Lipinski definition) is 3. The quantitative estimate of drug-likeness (QED) is 0.577. The number of ether oxygens (including phenoxy) is 3. The van der Waals surface area contributed by atoms with E-state index in [4.69, 9.17) is 30.2 Å². The van der Waals surface area contributed by atoms with Crippen molar-refractivity contribution in [1.29, 1.82) is 0 Å². The molecule has 142 valence electrons.